The molecule has 0 aliphatic rings. The standard InChI is InChI=1S/C20H18N4O2S/c1-2-26-19(25)17(12-14-8-4-3-5-9-14)27-20-23-22-18-15-10-6-7-11-16(15)21-13-24(18)20/h3-11,13,17H,2,12H2,1H3/t17-/m1/s1. The molecule has 0 unspecified atom stereocenters. The van der Waals surface area contributed by atoms with E-state index in [1.54, 1.807) is 6.33 Å². The molecule has 0 radical (unpaired) electrons. The van der Waals surface area contributed by atoms with Crippen molar-refractivity contribution in [3.63, 3.8) is 0 Å². The summed E-state index contributed by atoms with van der Waals surface area (Å²) in [6.07, 6.45) is 2.25. The van der Waals surface area contributed by atoms with Gasteiger partial charge in [-0.2, -0.15) is 0 Å². The van der Waals surface area contributed by atoms with Gasteiger partial charge in [0.1, 0.15) is 11.6 Å². The molecule has 0 fully saturated rings. The van der Waals surface area contributed by atoms with E-state index in [-0.39, 0.29) is 5.97 Å². The van der Waals surface area contributed by atoms with Gasteiger partial charge in [0.2, 0.25) is 0 Å². The highest BCUT2D eigenvalue weighted by molar-refractivity contribution is 8.00. The third-order valence-corrected chi connectivity index (χ3v) is 5.32. The van der Waals surface area contributed by atoms with E-state index >= 15 is 0 Å². The normalized spacial score (nSPS) is 12.3. The molecule has 2 heterocycles. The van der Waals surface area contributed by atoms with Crippen LogP contribution in [-0.2, 0) is 16.0 Å². The van der Waals surface area contributed by atoms with E-state index in [9.17, 15) is 4.79 Å². The molecule has 4 rings (SSSR count). The Morgan fingerprint density at radius 3 is 2.70 bits per heavy atom. The van der Waals surface area contributed by atoms with Crippen molar-refractivity contribution < 1.29 is 9.53 Å². The molecule has 1 atom stereocenters. The first-order valence-corrected chi connectivity index (χ1v) is 9.60. The summed E-state index contributed by atoms with van der Waals surface area (Å²) in [6, 6.07) is 17.7. The van der Waals surface area contributed by atoms with Gasteiger partial charge in [0, 0.05) is 5.39 Å². The largest absolute Gasteiger partial charge is 0.465 e. The molecule has 0 aliphatic carbocycles. The van der Waals surface area contributed by atoms with Gasteiger partial charge in [-0.15, -0.1) is 10.2 Å². The van der Waals surface area contributed by atoms with Crippen LogP contribution in [0.3, 0.4) is 0 Å². The number of rotatable bonds is 6. The number of esters is 1. The van der Waals surface area contributed by atoms with Crippen LogP contribution in [0, 0.1) is 0 Å². The number of carbonyl (C=O) groups is 1. The first-order chi connectivity index (χ1) is 13.3. The number of fused-ring (bicyclic) bond motifs is 3. The molecule has 2 aromatic heterocycles. The van der Waals surface area contributed by atoms with Crippen LogP contribution < -0.4 is 0 Å². The van der Waals surface area contributed by atoms with E-state index in [1.807, 2.05) is 65.9 Å². The molecule has 0 N–H and O–H groups in total. The highest BCUT2D eigenvalue weighted by Gasteiger charge is 2.24. The number of ether oxygens (including phenoxy) is 1. The minimum atomic E-state index is -0.411. The average Bonchev–Trinajstić information content (AvgIpc) is 3.12. The molecule has 136 valence electrons. The summed E-state index contributed by atoms with van der Waals surface area (Å²) in [5, 5.41) is 9.75. The van der Waals surface area contributed by atoms with E-state index in [1.165, 1.54) is 11.8 Å². The number of benzene rings is 2. The minimum absolute atomic E-state index is 0.253. The van der Waals surface area contributed by atoms with Crippen LogP contribution in [0.5, 0.6) is 0 Å². The molecule has 0 saturated heterocycles. The zero-order valence-corrected chi connectivity index (χ0v) is 15.6. The smallest absolute Gasteiger partial charge is 0.319 e. The third-order valence-electron chi connectivity index (χ3n) is 4.18. The fraction of sp³-hybridized carbons (Fsp3) is 0.200. The Morgan fingerprint density at radius 1 is 1.11 bits per heavy atom. The van der Waals surface area contributed by atoms with Gasteiger partial charge < -0.3 is 4.74 Å². The first-order valence-electron chi connectivity index (χ1n) is 8.72. The summed E-state index contributed by atoms with van der Waals surface area (Å²) in [6.45, 7) is 2.15. The van der Waals surface area contributed by atoms with Crippen LogP contribution in [-0.4, -0.2) is 37.4 Å². The number of hydrogen-bond donors (Lipinski definition) is 0. The van der Waals surface area contributed by atoms with E-state index in [4.69, 9.17) is 4.74 Å². The van der Waals surface area contributed by atoms with E-state index in [0.29, 0.717) is 18.2 Å². The lowest BCUT2D eigenvalue weighted by Gasteiger charge is -2.14. The first kappa shape index (κ1) is 17.5. The monoisotopic (exact) mass is 378 g/mol. The minimum Gasteiger partial charge on any atom is -0.465 e. The summed E-state index contributed by atoms with van der Waals surface area (Å²) in [4.78, 5) is 17.0. The number of hydrogen-bond acceptors (Lipinski definition) is 6. The lowest BCUT2D eigenvalue weighted by molar-refractivity contribution is -0.142. The second kappa shape index (κ2) is 7.75. The number of nitrogens with zero attached hydrogens (tertiary/aromatic N) is 4. The highest BCUT2D eigenvalue weighted by Crippen LogP contribution is 2.27. The predicted octanol–water partition coefficient (Wildman–Crippen LogP) is 3.54. The quantitative estimate of drug-likeness (QED) is 0.378. The van der Waals surface area contributed by atoms with Gasteiger partial charge in [-0.3, -0.25) is 9.20 Å². The van der Waals surface area contributed by atoms with Gasteiger partial charge >= 0.3 is 5.97 Å². The summed E-state index contributed by atoms with van der Waals surface area (Å²) in [5.74, 6) is -0.253. The maximum absolute atomic E-state index is 12.5. The average molecular weight is 378 g/mol. The van der Waals surface area contributed by atoms with Gasteiger partial charge in [0.25, 0.3) is 0 Å². The lowest BCUT2D eigenvalue weighted by atomic mass is 10.1. The molecule has 4 aromatic rings. The second-order valence-corrected chi connectivity index (χ2v) is 7.16. The van der Waals surface area contributed by atoms with Gasteiger partial charge in [-0.25, -0.2) is 4.98 Å². The summed E-state index contributed by atoms with van der Waals surface area (Å²) in [7, 11) is 0. The van der Waals surface area contributed by atoms with Crippen molar-refractivity contribution in [1.29, 1.82) is 0 Å². The van der Waals surface area contributed by atoms with Crippen LogP contribution in [0.1, 0.15) is 12.5 Å². The maximum atomic E-state index is 12.5. The van der Waals surface area contributed by atoms with Crippen LogP contribution >= 0.6 is 11.8 Å². The SMILES string of the molecule is CCOC(=O)[C@@H](Cc1ccccc1)Sc1nnc2c3ccccc3ncn12. The Morgan fingerprint density at radius 2 is 1.89 bits per heavy atom. The van der Waals surface area contributed by atoms with Crippen molar-refractivity contribution in [3.8, 4) is 0 Å². The van der Waals surface area contributed by atoms with Crippen LogP contribution in [0.25, 0.3) is 16.6 Å². The zero-order chi connectivity index (χ0) is 18.6. The number of carbonyl (C=O) groups excluding carboxylic acids is 1. The Kier molecular flexibility index (Phi) is 5.02. The topological polar surface area (TPSA) is 69.4 Å². The molecule has 2 aromatic carbocycles. The highest BCUT2D eigenvalue weighted by atomic mass is 32.2. The predicted molar refractivity (Wildman–Crippen MR) is 105 cm³/mol. The van der Waals surface area contributed by atoms with E-state index < -0.39 is 5.25 Å². The summed E-state index contributed by atoms with van der Waals surface area (Å²) in [5.41, 5.74) is 2.66. The van der Waals surface area contributed by atoms with Gasteiger partial charge in [0.05, 0.1) is 12.1 Å². The Balaban J connectivity index is 1.68. The van der Waals surface area contributed by atoms with Crippen molar-refractivity contribution in [1.82, 2.24) is 19.6 Å². The van der Waals surface area contributed by atoms with Crippen molar-refractivity contribution in [2.24, 2.45) is 0 Å². The molecule has 0 bridgehead atoms. The third kappa shape index (κ3) is 3.64. The molecular weight excluding hydrogens is 360 g/mol. The Bertz CT molecular complexity index is 1080. The maximum Gasteiger partial charge on any atom is 0.319 e. The van der Waals surface area contributed by atoms with Crippen molar-refractivity contribution in [3.05, 3.63) is 66.5 Å². The molecule has 0 saturated carbocycles. The van der Waals surface area contributed by atoms with Gasteiger partial charge in [0.15, 0.2) is 10.8 Å². The fourth-order valence-electron chi connectivity index (χ4n) is 2.90. The molecule has 27 heavy (non-hydrogen) atoms. The number of aromatic nitrogens is 4. The van der Waals surface area contributed by atoms with Crippen molar-refractivity contribution in [2.45, 2.75) is 23.8 Å². The molecular formula is C20H18N4O2S. The van der Waals surface area contributed by atoms with E-state index in [2.05, 4.69) is 15.2 Å². The molecule has 0 aliphatic heterocycles. The van der Waals surface area contributed by atoms with E-state index in [0.717, 1.165) is 22.1 Å². The van der Waals surface area contributed by atoms with Gasteiger partial charge in [-0.05, 0) is 31.0 Å². The van der Waals surface area contributed by atoms with Crippen LogP contribution in [0.4, 0.5) is 0 Å². The number of thioether (sulfide) groups is 1. The van der Waals surface area contributed by atoms with Crippen LogP contribution in [0.2, 0.25) is 0 Å². The fourth-order valence-corrected chi connectivity index (χ4v) is 3.93. The van der Waals surface area contributed by atoms with Gasteiger partial charge in [-0.1, -0.05) is 54.2 Å². The second-order valence-electron chi connectivity index (χ2n) is 5.99. The molecule has 7 heteroatoms. The zero-order valence-electron chi connectivity index (χ0n) is 14.8. The Hall–Kier alpha value is -2.93. The molecule has 6 nitrogen and oxygen atoms in total. The number of para-hydroxylation sites is 1. The summed E-state index contributed by atoms with van der Waals surface area (Å²) < 4.78 is 7.10. The van der Waals surface area contributed by atoms with Crippen molar-refractivity contribution in [2.75, 3.05) is 6.61 Å². The molecule has 0 amide bonds. The lowest BCUT2D eigenvalue weighted by Crippen LogP contribution is -2.23. The molecule has 0 spiro atoms. The Labute approximate surface area is 160 Å². The van der Waals surface area contributed by atoms with Crippen LogP contribution in [0.15, 0.2) is 66.1 Å². The summed E-state index contributed by atoms with van der Waals surface area (Å²) >= 11 is 1.35. The van der Waals surface area contributed by atoms with Crippen molar-refractivity contribution >= 4 is 34.3 Å².